The van der Waals surface area contributed by atoms with Gasteiger partial charge in [0.1, 0.15) is 12.3 Å². The van der Waals surface area contributed by atoms with Gasteiger partial charge in [0.2, 0.25) is 5.91 Å². The highest BCUT2D eigenvalue weighted by molar-refractivity contribution is 9.10. The van der Waals surface area contributed by atoms with Crippen molar-refractivity contribution in [3.8, 4) is 17.2 Å². The molecule has 0 unspecified atom stereocenters. The fraction of sp³-hybridized carbons (Fsp3) is 0.227. The third kappa shape index (κ3) is 5.82. The minimum Gasteiger partial charge on any atom is -0.495 e. The molecular weight excluding hydrogens is 536 g/mol. The molecule has 0 atom stereocenters. The van der Waals surface area contributed by atoms with E-state index in [0.717, 1.165) is 16.7 Å². The molecule has 3 rings (SSSR count). The molecule has 3 amide bonds. The van der Waals surface area contributed by atoms with Crippen LogP contribution < -0.4 is 19.5 Å². The van der Waals surface area contributed by atoms with Gasteiger partial charge in [0.25, 0.3) is 11.1 Å². The van der Waals surface area contributed by atoms with Crippen molar-refractivity contribution in [1.82, 2.24) is 4.90 Å². The Morgan fingerprint density at radius 1 is 1.18 bits per heavy atom. The fourth-order valence-electron chi connectivity index (χ4n) is 2.98. The van der Waals surface area contributed by atoms with Crippen molar-refractivity contribution in [2.75, 3.05) is 32.7 Å². The summed E-state index contributed by atoms with van der Waals surface area (Å²) in [4.78, 5) is 38.7. The van der Waals surface area contributed by atoms with Crippen molar-refractivity contribution in [3.63, 3.8) is 0 Å². The Kier molecular flexibility index (Phi) is 8.28. The molecule has 0 bridgehead atoms. The number of benzene rings is 2. The topological polar surface area (TPSA) is 94.2 Å². The number of imide groups is 1. The number of carbonyl (C=O) groups excluding carboxylic acids is 3. The molecule has 1 saturated heterocycles. The van der Waals surface area contributed by atoms with E-state index in [1.54, 1.807) is 30.3 Å². The number of methoxy groups -OCH3 is 2. The standard InChI is InChI=1S/C22H20BrClN2O6S/c1-4-32-20-14(23)7-12(8-17(20)31-3)9-18-21(28)26(22(29)33-18)11-19(27)25-13-5-6-16(30-2)15(24)10-13/h5-10H,4,11H2,1-3H3,(H,25,27)/b18-9+. The molecule has 33 heavy (non-hydrogen) atoms. The van der Waals surface area contributed by atoms with Crippen LogP contribution in [0.1, 0.15) is 12.5 Å². The molecule has 0 saturated carbocycles. The number of hydrogen-bond donors (Lipinski definition) is 1. The molecule has 1 aliphatic heterocycles. The van der Waals surface area contributed by atoms with Crippen molar-refractivity contribution in [1.29, 1.82) is 0 Å². The Morgan fingerprint density at radius 2 is 1.91 bits per heavy atom. The summed E-state index contributed by atoms with van der Waals surface area (Å²) in [5, 5.41) is 2.40. The highest BCUT2D eigenvalue weighted by Crippen LogP contribution is 2.39. The molecule has 1 heterocycles. The quantitative estimate of drug-likeness (QED) is 0.448. The molecule has 0 spiro atoms. The van der Waals surface area contributed by atoms with Crippen LogP contribution in [0.15, 0.2) is 39.7 Å². The SMILES string of the molecule is CCOc1c(Br)cc(/C=C2/SC(=O)N(CC(=O)Nc3ccc(OC)c(Cl)c3)C2=O)cc1OC. The third-order valence-corrected chi connectivity index (χ3v) is 6.24. The van der Waals surface area contributed by atoms with E-state index in [1.807, 2.05) is 6.92 Å². The van der Waals surface area contributed by atoms with Gasteiger partial charge in [-0.2, -0.15) is 0 Å². The zero-order valence-corrected chi connectivity index (χ0v) is 21.1. The van der Waals surface area contributed by atoms with Crippen LogP contribution in [0.2, 0.25) is 5.02 Å². The molecule has 8 nitrogen and oxygen atoms in total. The summed E-state index contributed by atoms with van der Waals surface area (Å²) in [6.45, 7) is 1.88. The number of nitrogens with one attached hydrogen (secondary N) is 1. The molecule has 1 aliphatic rings. The first-order valence-electron chi connectivity index (χ1n) is 9.66. The van der Waals surface area contributed by atoms with Crippen molar-refractivity contribution < 1.29 is 28.6 Å². The van der Waals surface area contributed by atoms with Crippen molar-refractivity contribution in [2.24, 2.45) is 0 Å². The Labute approximate surface area is 208 Å². The van der Waals surface area contributed by atoms with E-state index < -0.39 is 23.6 Å². The second-order valence-electron chi connectivity index (χ2n) is 6.63. The van der Waals surface area contributed by atoms with E-state index in [9.17, 15) is 14.4 Å². The third-order valence-electron chi connectivity index (χ3n) is 4.45. The number of carbonyl (C=O) groups is 3. The summed E-state index contributed by atoms with van der Waals surface area (Å²) >= 11 is 10.3. The van der Waals surface area contributed by atoms with Crippen LogP contribution in [-0.4, -0.2) is 49.3 Å². The lowest BCUT2D eigenvalue weighted by atomic mass is 10.2. The van der Waals surface area contributed by atoms with Crippen molar-refractivity contribution in [3.05, 3.63) is 50.3 Å². The van der Waals surface area contributed by atoms with Crippen LogP contribution in [0.3, 0.4) is 0 Å². The molecule has 1 fully saturated rings. The highest BCUT2D eigenvalue weighted by atomic mass is 79.9. The van der Waals surface area contributed by atoms with Crippen LogP contribution >= 0.6 is 39.3 Å². The van der Waals surface area contributed by atoms with Gasteiger partial charge in [0, 0.05) is 5.69 Å². The Hall–Kier alpha value is -2.69. The Morgan fingerprint density at radius 3 is 2.55 bits per heavy atom. The lowest BCUT2D eigenvalue weighted by Gasteiger charge is -2.13. The summed E-state index contributed by atoms with van der Waals surface area (Å²) < 4.78 is 16.6. The van der Waals surface area contributed by atoms with Gasteiger partial charge in [-0.3, -0.25) is 19.3 Å². The molecule has 174 valence electrons. The van der Waals surface area contributed by atoms with Crippen LogP contribution in [0.25, 0.3) is 6.08 Å². The summed E-state index contributed by atoms with van der Waals surface area (Å²) in [7, 11) is 2.99. The molecular formula is C22H20BrClN2O6S. The number of hydrogen-bond acceptors (Lipinski definition) is 7. The summed E-state index contributed by atoms with van der Waals surface area (Å²) in [5.41, 5.74) is 1.05. The molecule has 2 aromatic carbocycles. The van der Waals surface area contributed by atoms with Gasteiger partial charge in [-0.15, -0.1) is 0 Å². The average molecular weight is 556 g/mol. The zero-order valence-electron chi connectivity index (χ0n) is 17.9. The van der Waals surface area contributed by atoms with Crippen LogP contribution in [-0.2, 0) is 9.59 Å². The lowest BCUT2D eigenvalue weighted by molar-refractivity contribution is -0.127. The molecule has 0 aromatic heterocycles. The van der Waals surface area contributed by atoms with Gasteiger partial charge in [-0.1, -0.05) is 11.6 Å². The number of rotatable bonds is 8. The van der Waals surface area contributed by atoms with E-state index in [4.69, 9.17) is 25.8 Å². The van der Waals surface area contributed by atoms with Gasteiger partial charge >= 0.3 is 0 Å². The number of halogens is 2. The van der Waals surface area contributed by atoms with Gasteiger partial charge in [0.15, 0.2) is 11.5 Å². The maximum Gasteiger partial charge on any atom is 0.294 e. The van der Waals surface area contributed by atoms with E-state index in [2.05, 4.69) is 21.2 Å². The normalized spacial score (nSPS) is 14.6. The van der Waals surface area contributed by atoms with E-state index in [-0.39, 0.29) is 4.91 Å². The van der Waals surface area contributed by atoms with E-state index >= 15 is 0 Å². The minimum absolute atomic E-state index is 0.193. The molecule has 0 aliphatic carbocycles. The maximum atomic E-state index is 12.8. The van der Waals surface area contributed by atoms with Crippen molar-refractivity contribution >= 4 is 68.1 Å². The van der Waals surface area contributed by atoms with Crippen LogP contribution in [0, 0.1) is 0 Å². The number of amides is 3. The van der Waals surface area contributed by atoms with Crippen molar-refractivity contribution in [2.45, 2.75) is 6.92 Å². The maximum absolute atomic E-state index is 12.8. The summed E-state index contributed by atoms with van der Waals surface area (Å²) in [6, 6.07) is 8.17. The van der Waals surface area contributed by atoms with E-state index in [0.29, 0.717) is 44.6 Å². The Bertz CT molecular complexity index is 1140. The molecule has 2 aromatic rings. The first-order chi connectivity index (χ1) is 15.8. The van der Waals surface area contributed by atoms with Gasteiger partial charge < -0.3 is 19.5 Å². The number of thioether (sulfide) groups is 1. The number of anilines is 1. The number of ether oxygens (including phenoxy) is 3. The molecule has 1 N–H and O–H groups in total. The predicted octanol–water partition coefficient (Wildman–Crippen LogP) is 5.19. The minimum atomic E-state index is -0.558. The van der Waals surface area contributed by atoms with Crippen LogP contribution in [0.5, 0.6) is 17.2 Å². The average Bonchev–Trinajstić information content (AvgIpc) is 3.02. The lowest BCUT2D eigenvalue weighted by Crippen LogP contribution is -2.36. The summed E-state index contributed by atoms with van der Waals surface area (Å²) in [6.07, 6.45) is 1.56. The number of nitrogens with zero attached hydrogens (tertiary/aromatic N) is 1. The Balaban J connectivity index is 1.74. The monoisotopic (exact) mass is 554 g/mol. The molecule has 0 radical (unpaired) electrons. The second-order valence-corrected chi connectivity index (χ2v) is 8.89. The first-order valence-corrected chi connectivity index (χ1v) is 11.6. The van der Waals surface area contributed by atoms with Crippen LogP contribution in [0.4, 0.5) is 10.5 Å². The predicted molar refractivity (Wildman–Crippen MR) is 131 cm³/mol. The van der Waals surface area contributed by atoms with E-state index in [1.165, 1.54) is 20.3 Å². The fourth-order valence-corrected chi connectivity index (χ4v) is 4.65. The largest absolute Gasteiger partial charge is 0.495 e. The first kappa shape index (κ1) is 24.9. The van der Waals surface area contributed by atoms with Gasteiger partial charge in [-0.25, -0.2) is 0 Å². The smallest absolute Gasteiger partial charge is 0.294 e. The zero-order chi connectivity index (χ0) is 24.1. The second kappa shape index (κ2) is 11.0. The highest BCUT2D eigenvalue weighted by Gasteiger charge is 2.36. The summed E-state index contributed by atoms with van der Waals surface area (Å²) in [5.74, 6) is 0.389. The van der Waals surface area contributed by atoms with Gasteiger partial charge in [0.05, 0.1) is 35.2 Å². The van der Waals surface area contributed by atoms with Gasteiger partial charge in [-0.05, 0) is 76.6 Å². The molecule has 11 heteroatoms.